The van der Waals surface area contributed by atoms with Gasteiger partial charge in [-0.1, -0.05) is 12.1 Å². The van der Waals surface area contributed by atoms with Crippen molar-refractivity contribution in [2.75, 3.05) is 38.2 Å². The summed E-state index contributed by atoms with van der Waals surface area (Å²) in [6, 6.07) is 15.5. The van der Waals surface area contributed by atoms with Gasteiger partial charge in [-0.3, -0.25) is 9.69 Å². The molecule has 0 spiro atoms. The van der Waals surface area contributed by atoms with Gasteiger partial charge in [0.1, 0.15) is 23.1 Å². The number of aryl methyl sites for hydroxylation is 1. The molecule has 7 heteroatoms. The second kappa shape index (κ2) is 9.43. The van der Waals surface area contributed by atoms with Gasteiger partial charge in [0.05, 0.1) is 18.2 Å². The molecule has 0 bridgehead atoms. The van der Waals surface area contributed by atoms with Crippen LogP contribution in [0.2, 0.25) is 0 Å². The molecule has 0 unspecified atom stereocenters. The van der Waals surface area contributed by atoms with E-state index >= 15 is 0 Å². The molecule has 0 saturated carbocycles. The third-order valence-electron chi connectivity index (χ3n) is 6.58. The van der Waals surface area contributed by atoms with Crippen molar-refractivity contribution < 1.29 is 23.8 Å². The zero-order valence-electron chi connectivity index (χ0n) is 19.8. The molecule has 0 aromatic heterocycles. The first kappa shape index (κ1) is 22.9. The number of allylic oxidation sites excluding steroid dienone is 1. The van der Waals surface area contributed by atoms with Gasteiger partial charge in [0, 0.05) is 38.4 Å². The molecule has 0 aliphatic carbocycles. The van der Waals surface area contributed by atoms with Gasteiger partial charge in [-0.2, -0.15) is 0 Å². The molecule has 2 aliphatic rings. The van der Waals surface area contributed by atoms with Crippen LogP contribution in [0.1, 0.15) is 27.0 Å². The molecule has 6 nitrogen and oxygen atoms in total. The molecule has 180 valence electrons. The van der Waals surface area contributed by atoms with Crippen LogP contribution >= 0.6 is 0 Å². The van der Waals surface area contributed by atoms with Crippen molar-refractivity contribution in [3.8, 4) is 17.2 Å². The zero-order chi connectivity index (χ0) is 24.5. The van der Waals surface area contributed by atoms with Gasteiger partial charge in [-0.05, 0) is 66.6 Å². The van der Waals surface area contributed by atoms with Crippen molar-refractivity contribution in [3.63, 3.8) is 0 Å². The molecule has 0 atom stereocenters. The highest BCUT2D eigenvalue weighted by Crippen LogP contribution is 2.42. The van der Waals surface area contributed by atoms with Crippen molar-refractivity contribution in [3.05, 3.63) is 88.4 Å². The number of hydrogen-bond acceptors (Lipinski definition) is 6. The maximum atomic E-state index is 13.3. The van der Waals surface area contributed by atoms with Crippen molar-refractivity contribution in [2.45, 2.75) is 13.5 Å². The Morgan fingerprint density at radius 3 is 2.40 bits per heavy atom. The van der Waals surface area contributed by atoms with Crippen LogP contribution in [-0.4, -0.2) is 49.1 Å². The first-order valence-corrected chi connectivity index (χ1v) is 11.6. The standard InChI is InChI=1S/C28H27FN2O4/c1-18-15-24(32)23(17-30-11-13-31(14-12-30)21-7-9-22(34-2)10-8-21)28-26(18)27(33)25(35-28)16-19-3-5-20(29)6-4-19/h3-10,15-16,32H,11-14,17H2,1-2H3. The minimum Gasteiger partial charge on any atom is -0.507 e. The molecule has 0 radical (unpaired) electrons. The Kier molecular flexibility index (Phi) is 6.17. The number of rotatable bonds is 5. The highest BCUT2D eigenvalue weighted by molar-refractivity contribution is 6.15. The number of nitrogens with zero attached hydrogens (tertiary/aromatic N) is 2. The van der Waals surface area contributed by atoms with Crippen LogP contribution < -0.4 is 14.4 Å². The van der Waals surface area contributed by atoms with Crippen molar-refractivity contribution in [2.24, 2.45) is 0 Å². The predicted molar refractivity (Wildman–Crippen MR) is 133 cm³/mol. The maximum absolute atomic E-state index is 13.3. The summed E-state index contributed by atoms with van der Waals surface area (Å²) in [5.41, 5.74) is 3.56. The van der Waals surface area contributed by atoms with E-state index in [9.17, 15) is 14.3 Å². The van der Waals surface area contributed by atoms with Crippen LogP contribution in [0.5, 0.6) is 17.2 Å². The number of hydrogen-bond donors (Lipinski definition) is 1. The number of benzene rings is 3. The summed E-state index contributed by atoms with van der Waals surface area (Å²) >= 11 is 0. The molecular weight excluding hydrogens is 447 g/mol. The number of phenols is 1. The van der Waals surface area contributed by atoms with Crippen molar-refractivity contribution in [1.82, 2.24) is 4.90 Å². The van der Waals surface area contributed by atoms with E-state index in [1.54, 1.807) is 38.3 Å². The van der Waals surface area contributed by atoms with Gasteiger partial charge in [0.2, 0.25) is 5.78 Å². The minimum atomic E-state index is -0.343. The Morgan fingerprint density at radius 1 is 1.06 bits per heavy atom. The first-order chi connectivity index (χ1) is 16.9. The minimum absolute atomic E-state index is 0.120. The normalized spacial score (nSPS) is 16.9. The lowest BCUT2D eigenvalue weighted by molar-refractivity contribution is 0.101. The lowest BCUT2D eigenvalue weighted by atomic mass is 9.99. The van der Waals surface area contributed by atoms with Crippen LogP contribution in [0.4, 0.5) is 10.1 Å². The van der Waals surface area contributed by atoms with Gasteiger partial charge < -0.3 is 19.5 Å². The van der Waals surface area contributed by atoms with E-state index in [1.807, 2.05) is 12.1 Å². The molecule has 1 saturated heterocycles. The lowest BCUT2D eigenvalue weighted by Gasteiger charge is -2.36. The molecule has 1 fully saturated rings. The molecule has 1 N–H and O–H groups in total. The number of phenolic OH excluding ortho intramolecular Hbond substituents is 1. The van der Waals surface area contributed by atoms with E-state index in [2.05, 4.69) is 21.9 Å². The summed E-state index contributed by atoms with van der Waals surface area (Å²) < 4.78 is 24.5. The summed E-state index contributed by atoms with van der Waals surface area (Å²) in [4.78, 5) is 17.7. The molecule has 0 amide bonds. The van der Waals surface area contributed by atoms with Crippen LogP contribution in [-0.2, 0) is 6.54 Å². The van der Waals surface area contributed by atoms with Crippen LogP contribution in [0, 0.1) is 12.7 Å². The third kappa shape index (κ3) is 4.59. The summed E-state index contributed by atoms with van der Waals surface area (Å²) in [7, 11) is 1.66. The Bertz CT molecular complexity index is 1280. The summed E-state index contributed by atoms with van der Waals surface area (Å²) in [5.74, 6) is 0.967. The average molecular weight is 475 g/mol. The molecule has 5 rings (SSSR count). The summed E-state index contributed by atoms with van der Waals surface area (Å²) in [6.45, 7) is 5.56. The van der Waals surface area contributed by atoms with Crippen LogP contribution in [0.3, 0.4) is 0 Å². The Balaban J connectivity index is 1.33. The smallest absolute Gasteiger partial charge is 0.232 e. The van der Waals surface area contributed by atoms with Gasteiger partial charge in [-0.25, -0.2) is 4.39 Å². The van der Waals surface area contributed by atoms with E-state index < -0.39 is 0 Å². The quantitative estimate of drug-likeness (QED) is 0.537. The number of anilines is 1. The number of piperazine rings is 1. The third-order valence-corrected chi connectivity index (χ3v) is 6.58. The fourth-order valence-electron chi connectivity index (χ4n) is 4.62. The average Bonchev–Trinajstić information content (AvgIpc) is 3.19. The number of Topliss-reactive ketones (excluding diaryl/α,β-unsaturated/α-hetero) is 1. The lowest BCUT2D eigenvalue weighted by Crippen LogP contribution is -2.46. The monoisotopic (exact) mass is 474 g/mol. The van der Waals surface area contributed by atoms with Gasteiger partial charge in [0.25, 0.3) is 0 Å². The molecule has 35 heavy (non-hydrogen) atoms. The van der Waals surface area contributed by atoms with Crippen LogP contribution in [0.25, 0.3) is 6.08 Å². The number of carbonyl (C=O) groups excluding carboxylic acids is 1. The number of aromatic hydroxyl groups is 1. The van der Waals surface area contributed by atoms with Crippen molar-refractivity contribution in [1.29, 1.82) is 0 Å². The van der Waals surface area contributed by atoms with E-state index in [1.165, 1.54) is 12.1 Å². The molecule has 3 aromatic carbocycles. The topological polar surface area (TPSA) is 62.2 Å². The fraction of sp³-hybridized carbons (Fsp3) is 0.250. The number of ether oxygens (including phenoxy) is 2. The highest BCUT2D eigenvalue weighted by atomic mass is 19.1. The van der Waals surface area contributed by atoms with Crippen LogP contribution in [0.15, 0.2) is 60.4 Å². The SMILES string of the molecule is COc1ccc(N2CCN(Cc3c(O)cc(C)c4c3OC(=Cc3ccc(F)cc3)C4=O)CC2)cc1. The Labute approximate surface area is 203 Å². The number of fused-ring (bicyclic) bond motifs is 1. The first-order valence-electron chi connectivity index (χ1n) is 11.6. The Hall–Kier alpha value is -3.84. The van der Waals surface area contributed by atoms with E-state index in [4.69, 9.17) is 9.47 Å². The van der Waals surface area contributed by atoms with E-state index in [-0.39, 0.29) is 23.1 Å². The number of carbonyl (C=O) groups is 1. The van der Waals surface area contributed by atoms with E-state index in [0.717, 1.165) is 37.6 Å². The molecular formula is C28H27FN2O4. The Morgan fingerprint density at radius 2 is 1.74 bits per heavy atom. The zero-order valence-corrected chi connectivity index (χ0v) is 19.8. The molecule has 3 aromatic rings. The van der Waals surface area contributed by atoms with E-state index in [0.29, 0.717) is 34.5 Å². The summed E-state index contributed by atoms with van der Waals surface area (Å²) in [6.07, 6.45) is 1.61. The molecule has 2 aliphatic heterocycles. The number of methoxy groups -OCH3 is 1. The van der Waals surface area contributed by atoms with Gasteiger partial charge in [-0.15, -0.1) is 0 Å². The summed E-state index contributed by atoms with van der Waals surface area (Å²) in [5, 5.41) is 10.8. The fourth-order valence-corrected chi connectivity index (χ4v) is 4.62. The van der Waals surface area contributed by atoms with Crippen molar-refractivity contribution >= 4 is 17.5 Å². The number of halogens is 1. The van der Waals surface area contributed by atoms with Gasteiger partial charge >= 0.3 is 0 Å². The molecule has 2 heterocycles. The second-order valence-electron chi connectivity index (χ2n) is 8.85. The largest absolute Gasteiger partial charge is 0.507 e. The van der Waals surface area contributed by atoms with Gasteiger partial charge in [0.15, 0.2) is 5.76 Å². The second-order valence-corrected chi connectivity index (χ2v) is 8.85. The predicted octanol–water partition coefficient (Wildman–Crippen LogP) is 4.79. The maximum Gasteiger partial charge on any atom is 0.232 e. The number of ketones is 1. The highest BCUT2D eigenvalue weighted by Gasteiger charge is 2.34.